The Bertz CT molecular complexity index is 583. The Kier molecular flexibility index (Phi) is 6.00. The maximum Gasteiger partial charge on any atom is 0.335 e. The van der Waals surface area contributed by atoms with Gasteiger partial charge in [-0.3, -0.25) is 0 Å². The number of anilines is 1. The van der Waals surface area contributed by atoms with E-state index in [-0.39, 0.29) is 28.7 Å². The molecular weight excluding hydrogens is 294 g/mol. The summed E-state index contributed by atoms with van der Waals surface area (Å²) in [7, 11) is 0. The highest BCUT2D eigenvalue weighted by atomic mass is 35.5. The molecule has 0 aliphatic carbocycles. The summed E-state index contributed by atoms with van der Waals surface area (Å²) in [6, 6.07) is 5.70. The molecule has 0 aliphatic heterocycles. The summed E-state index contributed by atoms with van der Waals surface area (Å²) in [4.78, 5) is 24.5. The molecule has 1 unspecified atom stereocenters. The Balaban J connectivity index is 2.89. The van der Waals surface area contributed by atoms with Crippen LogP contribution in [0.1, 0.15) is 24.2 Å². The third kappa shape index (κ3) is 4.65. The SMILES string of the molecule is CCN(CC(C)C#N)C(=O)Nc1cc(C(=O)O)ccc1Cl. The van der Waals surface area contributed by atoms with Crippen molar-refractivity contribution in [2.75, 3.05) is 18.4 Å². The summed E-state index contributed by atoms with van der Waals surface area (Å²) < 4.78 is 0. The van der Waals surface area contributed by atoms with Gasteiger partial charge in [0.05, 0.1) is 28.3 Å². The minimum absolute atomic E-state index is 0.0307. The van der Waals surface area contributed by atoms with Gasteiger partial charge < -0.3 is 15.3 Å². The zero-order valence-corrected chi connectivity index (χ0v) is 12.5. The number of halogens is 1. The quantitative estimate of drug-likeness (QED) is 0.874. The topological polar surface area (TPSA) is 93.4 Å². The molecule has 21 heavy (non-hydrogen) atoms. The highest BCUT2D eigenvalue weighted by Crippen LogP contribution is 2.23. The van der Waals surface area contributed by atoms with Crippen molar-refractivity contribution in [1.29, 1.82) is 5.26 Å². The molecule has 1 aromatic rings. The summed E-state index contributed by atoms with van der Waals surface area (Å²) in [6.45, 7) is 4.22. The number of amides is 2. The maximum atomic E-state index is 12.1. The molecule has 6 nitrogen and oxygen atoms in total. The molecule has 0 spiro atoms. The fourth-order valence-corrected chi connectivity index (χ4v) is 1.84. The van der Waals surface area contributed by atoms with Crippen LogP contribution in [0.2, 0.25) is 5.02 Å². The zero-order chi connectivity index (χ0) is 16.0. The first-order valence-corrected chi connectivity index (χ1v) is 6.75. The van der Waals surface area contributed by atoms with Gasteiger partial charge in [-0.2, -0.15) is 5.26 Å². The first-order valence-electron chi connectivity index (χ1n) is 6.37. The number of carbonyl (C=O) groups is 2. The van der Waals surface area contributed by atoms with Crippen LogP contribution in [-0.2, 0) is 0 Å². The van der Waals surface area contributed by atoms with Crippen LogP contribution in [0.5, 0.6) is 0 Å². The van der Waals surface area contributed by atoms with E-state index >= 15 is 0 Å². The second-order valence-corrected chi connectivity index (χ2v) is 4.91. The van der Waals surface area contributed by atoms with E-state index in [0.29, 0.717) is 6.54 Å². The Hall–Kier alpha value is -2.26. The van der Waals surface area contributed by atoms with Gasteiger partial charge in [-0.25, -0.2) is 9.59 Å². The van der Waals surface area contributed by atoms with Gasteiger partial charge in [0, 0.05) is 13.1 Å². The fraction of sp³-hybridized carbons (Fsp3) is 0.357. The molecule has 0 saturated heterocycles. The van der Waals surface area contributed by atoms with Gasteiger partial charge in [0.1, 0.15) is 0 Å². The van der Waals surface area contributed by atoms with E-state index in [2.05, 4.69) is 11.4 Å². The molecular formula is C14H16ClN3O3. The Labute approximate surface area is 127 Å². The molecule has 0 fully saturated rings. The number of hydrogen-bond acceptors (Lipinski definition) is 3. The minimum atomic E-state index is -1.10. The van der Waals surface area contributed by atoms with Crippen molar-refractivity contribution in [1.82, 2.24) is 4.90 Å². The van der Waals surface area contributed by atoms with Gasteiger partial charge >= 0.3 is 12.0 Å². The van der Waals surface area contributed by atoms with Crippen molar-refractivity contribution >= 4 is 29.3 Å². The standard InChI is InChI=1S/C14H16ClN3O3/c1-3-18(8-9(2)7-16)14(21)17-12-6-10(13(19)20)4-5-11(12)15/h4-6,9H,3,8H2,1-2H3,(H,17,21)(H,19,20). The second kappa shape index (κ2) is 7.50. The molecule has 1 aromatic carbocycles. The molecule has 2 amide bonds. The number of urea groups is 1. The minimum Gasteiger partial charge on any atom is -0.478 e. The third-order valence-corrected chi connectivity index (χ3v) is 3.17. The number of aromatic carboxylic acids is 1. The number of nitrogens with zero attached hydrogens (tertiary/aromatic N) is 2. The lowest BCUT2D eigenvalue weighted by atomic mass is 10.2. The van der Waals surface area contributed by atoms with Crippen LogP contribution in [0.25, 0.3) is 0 Å². The maximum absolute atomic E-state index is 12.1. The predicted molar refractivity (Wildman–Crippen MR) is 79.5 cm³/mol. The van der Waals surface area contributed by atoms with Crippen LogP contribution < -0.4 is 5.32 Å². The molecule has 0 aliphatic rings. The van der Waals surface area contributed by atoms with E-state index in [9.17, 15) is 9.59 Å². The van der Waals surface area contributed by atoms with Gasteiger partial charge in [-0.05, 0) is 32.0 Å². The van der Waals surface area contributed by atoms with Crippen LogP contribution in [0.15, 0.2) is 18.2 Å². The number of carboxylic acid groups (broad SMARTS) is 1. The highest BCUT2D eigenvalue weighted by Gasteiger charge is 2.16. The van der Waals surface area contributed by atoms with Gasteiger partial charge in [0.25, 0.3) is 0 Å². The molecule has 112 valence electrons. The van der Waals surface area contributed by atoms with Crippen molar-refractivity contribution in [3.8, 4) is 6.07 Å². The molecule has 0 aromatic heterocycles. The number of carboxylic acids is 1. The highest BCUT2D eigenvalue weighted by molar-refractivity contribution is 6.33. The summed E-state index contributed by atoms with van der Waals surface area (Å²) in [5.41, 5.74) is 0.257. The van der Waals surface area contributed by atoms with Crippen molar-refractivity contribution < 1.29 is 14.7 Å². The van der Waals surface area contributed by atoms with Crippen LogP contribution in [0.3, 0.4) is 0 Å². The first kappa shape index (κ1) is 16.8. The Morgan fingerprint density at radius 2 is 2.19 bits per heavy atom. The predicted octanol–water partition coefficient (Wildman–Crippen LogP) is 3.05. The van der Waals surface area contributed by atoms with E-state index in [4.69, 9.17) is 22.0 Å². The normalized spacial score (nSPS) is 11.3. The second-order valence-electron chi connectivity index (χ2n) is 4.50. The van der Waals surface area contributed by atoms with Crippen molar-refractivity contribution in [3.05, 3.63) is 28.8 Å². The van der Waals surface area contributed by atoms with E-state index in [1.54, 1.807) is 13.8 Å². The molecule has 0 radical (unpaired) electrons. The van der Waals surface area contributed by atoms with E-state index in [0.717, 1.165) is 0 Å². The summed E-state index contributed by atoms with van der Waals surface area (Å²) in [5.74, 6) is -1.40. The average molecular weight is 310 g/mol. The number of rotatable bonds is 5. The first-order chi connectivity index (χ1) is 9.88. The molecule has 0 saturated carbocycles. The number of hydrogen-bond donors (Lipinski definition) is 2. The summed E-state index contributed by atoms with van der Waals surface area (Å²) in [5, 5.41) is 20.6. The number of benzene rings is 1. The third-order valence-electron chi connectivity index (χ3n) is 2.84. The van der Waals surface area contributed by atoms with E-state index in [1.807, 2.05) is 0 Å². The average Bonchev–Trinajstić information content (AvgIpc) is 2.46. The van der Waals surface area contributed by atoms with Crippen LogP contribution in [0.4, 0.5) is 10.5 Å². The Morgan fingerprint density at radius 1 is 1.52 bits per heavy atom. The van der Waals surface area contributed by atoms with Gasteiger partial charge in [-0.15, -0.1) is 0 Å². The van der Waals surface area contributed by atoms with Crippen LogP contribution in [0, 0.1) is 17.2 Å². The van der Waals surface area contributed by atoms with Crippen molar-refractivity contribution in [3.63, 3.8) is 0 Å². The lowest BCUT2D eigenvalue weighted by Gasteiger charge is -2.22. The summed E-state index contributed by atoms with van der Waals surface area (Å²) >= 11 is 5.95. The van der Waals surface area contributed by atoms with Crippen LogP contribution in [-0.4, -0.2) is 35.1 Å². The van der Waals surface area contributed by atoms with Gasteiger partial charge in [0.15, 0.2) is 0 Å². The van der Waals surface area contributed by atoms with Gasteiger partial charge in [0.2, 0.25) is 0 Å². The number of carbonyl (C=O) groups excluding carboxylic acids is 1. The van der Waals surface area contributed by atoms with Crippen LogP contribution >= 0.6 is 11.6 Å². The van der Waals surface area contributed by atoms with E-state index in [1.165, 1.54) is 23.1 Å². The summed E-state index contributed by atoms with van der Waals surface area (Å²) in [6.07, 6.45) is 0. The number of nitrogens with one attached hydrogen (secondary N) is 1. The van der Waals surface area contributed by atoms with Gasteiger partial charge in [-0.1, -0.05) is 11.6 Å². The van der Waals surface area contributed by atoms with Crippen molar-refractivity contribution in [2.24, 2.45) is 5.92 Å². The lowest BCUT2D eigenvalue weighted by Crippen LogP contribution is -2.37. The smallest absolute Gasteiger partial charge is 0.335 e. The zero-order valence-electron chi connectivity index (χ0n) is 11.8. The molecule has 1 rings (SSSR count). The molecule has 2 N–H and O–H groups in total. The van der Waals surface area contributed by atoms with E-state index < -0.39 is 12.0 Å². The lowest BCUT2D eigenvalue weighted by molar-refractivity contribution is 0.0697. The Morgan fingerprint density at radius 3 is 2.71 bits per heavy atom. The monoisotopic (exact) mass is 309 g/mol. The van der Waals surface area contributed by atoms with Crippen molar-refractivity contribution in [2.45, 2.75) is 13.8 Å². The molecule has 0 bridgehead atoms. The molecule has 0 heterocycles. The molecule has 7 heteroatoms. The largest absolute Gasteiger partial charge is 0.478 e. The number of nitriles is 1. The fourth-order valence-electron chi connectivity index (χ4n) is 1.68. The molecule has 1 atom stereocenters.